The van der Waals surface area contributed by atoms with Gasteiger partial charge in [-0.1, -0.05) is 27.6 Å². The van der Waals surface area contributed by atoms with Crippen molar-refractivity contribution in [3.63, 3.8) is 0 Å². The number of halogens is 1. The third-order valence-corrected chi connectivity index (χ3v) is 14.4. The number of benzene rings is 3. The number of nitrogens with zero attached hydrogens (tertiary/aromatic N) is 3. The zero-order chi connectivity index (χ0) is 35.1. The molecule has 3 aliphatic heterocycles. The van der Waals surface area contributed by atoms with E-state index in [1.165, 1.54) is 42.1 Å². The smallest absolute Gasteiger partial charge is 0.497 e. The van der Waals surface area contributed by atoms with Crippen LogP contribution in [-0.2, 0) is 31.4 Å². The summed E-state index contributed by atoms with van der Waals surface area (Å²) in [6.07, 6.45) is 1.19. The molecule has 0 aliphatic carbocycles. The average Bonchev–Trinajstić information content (AvgIpc) is 3.11. The lowest BCUT2D eigenvalue weighted by Gasteiger charge is -2.51. The second-order valence-corrected chi connectivity index (χ2v) is 17.3. The summed E-state index contributed by atoms with van der Waals surface area (Å²) in [5.74, 6) is 0.872. The van der Waals surface area contributed by atoms with Crippen molar-refractivity contribution < 1.29 is 40.6 Å². The highest BCUT2D eigenvalue weighted by atomic mass is 79.9. The fourth-order valence-corrected chi connectivity index (χ4v) is 11.4. The second kappa shape index (κ2) is 13.8. The average molecular weight is 780 g/mol. The molecule has 264 valence electrons. The van der Waals surface area contributed by atoms with E-state index in [0.717, 1.165) is 16.8 Å². The van der Waals surface area contributed by atoms with Gasteiger partial charge in [0, 0.05) is 68.5 Å². The van der Waals surface area contributed by atoms with Gasteiger partial charge in [0.1, 0.15) is 51.4 Å². The molecule has 3 heterocycles. The van der Waals surface area contributed by atoms with Crippen molar-refractivity contribution >= 4 is 47.8 Å². The van der Waals surface area contributed by atoms with Crippen LogP contribution in [0.15, 0.2) is 68.9 Å². The Morgan fingerprint density at radius 1 is 0.735 bits per heavy atom. The normalized spacial score (nSPS) is 21.5. The standard InChI is InChI=1S/C34H41BrN3O9S2/c1-23-5-8-29-24(19-23)22-47-34(39)38(29,26-11-15-36(16-12-26)48(40,41)32-20-25(35)6-9-30(32)45-3)27-13-17-37(18-14-27)49(42,43)33-21-28(44-2)7-10-31(33)46-4/h5-10,19-21,26-27H,11-18,22H2,1-4H3/q+1. The van der Waals surface area contributed by atoms with Crippen LogP contribution in [0.3, 0.4) is 0 Å². The molecule has 1 unspecified atom stereocenters. The third-order valence-electron chi connectivity index (χ3n) is 10.0. The predicted molar refractivity (Wildman–Crippen MR) is 187 cm³/mol. The van der Waals surface area contributed by atoms with E-state index < -0.39 is 20.0 Å². The number of rotatable bonds is 9. The van der Waals surface area contributed by atoms with Crippen molar-refractivity contribution in [1.82, 2.24) is 13.1 Å². The summed E-state index contributed by atoms with van der Waals surface area (Å²) in [5, 5.41) is 0. The molecule has 3 aromatic rings. The molecule has 1 atom stereocenters. The van der Waals surface area contributed by atoms with Gasteiger partial charge < -0.3 is 18.9 Å². The molecular weight excluding hydrogens is 738 g/mol. The molecule has 3 aliphatic rings. The van der Waals surface area contributed by atoms with Gasteiger partial charge in [-0.3, -0.25) is 0 Å². The number of fused-ring (bicyclic) bond motifs is 1. The van der Waals surface area contributed by atoms with Crippen molar-refractivity contribution in [2.45, 2.75) is 61.1 Å². The molecule has 49 heavy (non-hydrogen) atoms. The highest BCUT2D eigenvalue weighted by Gasteiger charge is 2.58. The monoisotopic (exact) mass is 778 g/mol. The van der Waals surface area contributed by atoms with Gasteiger partial charge in [0.15, 0.2) is 0 Å². The number of amides is 1. The Bertz CT molecular complexity index is 1960. The summed E-state index contributed by atoms with van der Waals surface area (Å²) in [6, 6.07) is 15.0. The van der Waals surface area contributed by atoms with Crippen LogP contribution in [0.4, 0.5) is 10.5 Å². The van der Waals surface area contributed by atoms with Crippen LogP contribution < -0.4 is 18.7 Å². The molecule has 3 aromatic carbocycles. The molecule has 0 N–H and O–H groups in total. The SMILES string of the molecule is COc1ccc(OC)c(S(=O)(=O)N2CCC([N+]3(C4CCN(S(=O)(=O)c5cc(Br)ccc5OC)CC4)C(=O)OCc4cc(C)ccc43)CC2)c1. The van der Waals surface area contributed by atoms with Gasteiger partial charge in [0.05, 0.1) is 26.9 Å². The summed E-state index contributed by atoms with van der Waals surface area (Å²) in [5.41, 5.74) is 2.78. The Morgan fingerprint density at radius 2 is 1.27 bits per heavy atom. The molecule has 15 heteroatoms. The molecule has 0 spiro atoms. The van der Waals surface area contributed by atoms with Crippen molar-refractivity contribution in [1.29, 1.82) is 0 Å². The summed E-state index contributed by atoms with van der Waals surface area (Å²) < 4.78 is 81.0. The third kappa shape index (κ3) is 6.22. The van der Waals surface area contributed by atoms with Gasteiger partial charge in [0.25, 0.3) is 0 Å². The Morgan fingerprint density at radius 3 is 1.80 bits per heavy atom. The summed E-state index contributed by atoms with van der Waals surface area (Å²) in [7, 11) is -3.52. The van der Waals surface area contributed by atoms with E-state index in [9.17, 15) is 21.6 Å². The zero-order valence-corrected chi connectivity index (χ0v) is 31.1. The number of piperidine rings is 2. The van der Waals surface area contributed by atoms with Crippen molar-refractivity contribution in [2.75, 3.05) is 47.5 Å². The number of quaternary nitrogens is 1. The van der Waals surface area contributed by atoms with Gasteiger partial charge in [-0.15, -0.1) is 0 Å². The molecule has 2 saturated heterocycles. The molecule has 0 saturated carbocycles. The minimum Gasteiger partial charge on any atom is -0.497 e. The summed E-state index contributed by atoms with van der Waals surface area (Å²) in [6.45, 7) is 2.88. The van der Waals surface area contributed by atoms with E-state index in [4.69, 9.17) is 18.9 Å². The molecule has 0 aromatic heterocycles. The highest BCUT2D eigenvalue weighted by molar-refractivity contribution is 9.10. The fourth-order valence-electron chi connectivity index (χ4n) is 7.62. The molecule has 2 fully saturated rings. The number of ether oxygens (including phenoxy) is 4. The van der Waals surface area contributed by atoms with E-state index in [0.29, 0.717) is 35.9 Å². The van der Waals surface area contributed by atoms with Crippen LogP contribution in [-0.4, -0.2) is 91.1 Å². The fraction of sp³-hybridized carbons (Fsp3) is 0.441. The van der Waals surface area contributed by atoms with Crippen molar-refractivity contribution in [2.24, 2.45) is 0 Å². The molecular formula is C34H41BrN3O9S2+. The van der Waals surface area contributed by atoms with Crippen LogP contribution >= 0.6 is 15.9 Å². The number of aryl methyl sites for hydroxylation is 1. The first kappa shape index (κ1) is 35.6. The van der Waals surface area contributed by atoms with Crippen LogP contribution in [0.2, 0.25) is 0 Å². The van der Waals surface area contributed by atoms with Crippen LogP contribution in [0, 0.1) is 6.92 Å². The van der Waals surface area contributed by atoms with Crippen molar-refractivity contribution in [3.05, 3.63) is 70.2 Å². The number of methoxy groups -OCH3 is 3. The zero-order valence-electron chi connectivity index (χ0n) is 27.9. The first-order valence-electron chi connectivity index (χ1n) is 16.1. The first-order valence-corrected chi connectivity index (χ1v) is 19.8. The number of carbonyl (C=O) groups is 1. The summed E-state index contributed by atoms with van der Waals surface area (Å²) in [4.78, 5) is 14.4. The van der Waals surface area contributed by atoms with Crippen LogP contribution in [0.25, 0.3) is 0 Å². The molecule has 0 bridgehead atoms. The van der Waals surface area contributed by atoms with E-state index in [1.807, 2.05) is 25.1 Å². The lowest BCUT2D eigenvalue weighted by Crippen LogP contribution is -2.71. The van der Waals surface area contributed by atoms with Crippen LogP contribution in [0.1, 0.15) is 36.8 Å². The Labute approximate surface area is 296 Å². The summed E-state index contributed by atoms with van der Waals surface area (Å²) >= 11 is 3.38. The first-order chi connectivity index (χ1) is 23.4. The van der Waals surface area contributed by atoms with Gasteiger partial charge >= 0.3 is 6.09 Å². The maximum absolute atomic E-state index is 14.3. The number of sulfonamides is 2. The molecule has 12 nitrogen and oxygen atoms in total. The second-order valence-electron chi connectivity index (χ2n) is 12.5. The minimum absolute atomic E-state index is 0.0190. The Hall–Kier alpha value is -3.21. The Kier molecular flexibility index (Phi) is 10.1. The quantitative estimate of drug-likeness (QED) is 0.261. The van der Waals surface area contributed by atoms with E-state index in [2.05, 4.69) is 15.9 Å². The minimum atomic E-state index is -3.96. The molecule has 1 amide bonds. The van der Waals surface area contributed by atoms with E-state index in [-0.39, 0.29) is 76.7 Å². The van der Waals surface area contributed by atoms with Gasteiger partial charge in [-0.25, -0.2) is 16.8 Å². The lowest BCUT2D eigenvalue weighted by atomic mass is 9.90. The van der Waals surface area contributed by atoms with Gasteiger partial charge in [-0.2, -0.15) is 17.9 Å². The maximum atomic E-state index is 14.3. The predicted octanol–water partition coefficient (Wildman–Crippen LogP) is 5.45. The van der Waals surface area contributed by atoms with E-state index >= 15 is 0 Å². The number of cyclic esters (lactones) is 1. The highest BCUT2D eigenvalue weighted by Crippen LogP contribution is 2.45. The number of hydrogen-bond acceptors (Lipinski definition) is 9. The van der Waals surface area contributed by atoms with Gasteiger partial charge in [-0.05, 0) is 43.3 Å². The van der Waals surface area contributed by atoms with Crippen molar-refractivity contribution in [3.8, 4) is 17.2 Å². The molecule has 0 radical (unpaired) electrons. The maximum Gasteiger partial charge on any atom is 0.522 e. The topological polar surface area (TPSA) is 129 Å². The largest absolute Gasteiger partial charge is 0.522 e. The van der Waals surface area contributed by atoms with E-state index in [1.54, 1.807) is 24.3 Å². The lowest BCUT2D eigenvalue weighted by molar-refractivity contribution is 0.0270. The molecule has 6 rings (SSSR count). The Balaban J connectivity index is 1.32. The number of carbonyl (C=O) groups excluding carboxylic acids is 1. The number of hydrogen-bond donors (Lipinski definition) is 0. The van der Waals surface area contributed by atoms with Crippen LogP contribution in [0.5, 0.6) is 17.2 Å². The van der Waals surface area contributed by atoms with Gasteiger partial charge in [0.2, 0.25) is 20.0 Å².